The van der Waals surface area contributed by atoms with Crippen LogP contribution in [0.4, 0.5) is 5.13 Å². The van der Waals surface area contributed by atoms with E-state index in [2.05, 4.69) is 15.0 Å². The molecule has 1 amide bonds. The zero-order valence-electron chi connectivity index (χ0n) is 13.8. The molecule has 0 radical (unpaired) electrons. The molecule has 130 valence electrons. The molecule has 3 heterocycles. The van der Waals surface area contributed by atoms with Crippen molar-refractivity contribution >= 4 is 44.2 Å². The van der Waals surface area contributed by atoms with Crippen molar-refractivity contribution in [3.8, 4) is 0 Å². The van der Waals surface area contributed by atoms with Crippen LogP contribution in [0.3, 0.4) is 0 Å². The second-order valence-electron chi connectivity index (χ2n) is 5.66. The van der Waals surface area contributed by atoms with Gasteiger partial charge < -0.3 is 4.57 Å². The molecular weight excluding hydrogens is 370 g/mol. The third-order valence-electron chi connectivity index (χ3n) is 3.89. The van der Waals surface area contributed by atoms with E-state index in [0.29, 0.717) is 28.0 Å². The minimum absolute atomic E-state index is 0.238. The number of thiazole rings is 1. The molecule has 0 saturated carbocycles. The number of hydrogen-bond donors (Lipinski definition) is 0. The number of para-hydroxylation sites is 1. The number of imidazole rings is 1. The minimum atomic E-state index is -0.238. The van der Waals surface area contributed by atoms with Crippen LogP contribution in [0.15, 0.2) is 55.0 Å². The molecule has 0 unspecified atom stereocenters. The molecule has 0 aliphatic rings. The fraction of sp³-hybridized carbons (Fsp3) is 0.111. The van der Waals surface area contributed by atoms with Crippen molar-refractivity contribution in [1.82, 2.24) is 19.5 Å². The van der Waals surface area contributed by atoms with E-state index in [0.717, 1.165) is 10.4 Å². The summed E-state index contributed by atoms with van der Waals surface area (Å²) in [5.41, 5.74) is 1.45. The first kappa shape index (κ1) is 16.7. The zero-order valence-corrected chi connectivity index (χ0v) is 15.4. The van der Waals surface area contributed by atoms with Crippen LogP contribution in [0.25, 0.3) is 10.2 Å². The standard InChI is InChI=1S/C18H14ClN5OS/c1-23-10-9-21-16(23)17(25)24(11-12-5-2-3-8-20-12)18-22-15-13(19)6-4-7-14(15)26-18/h2-10H,11H2,1H3. The summed E-state index contributed by atoms with van der Waals surface area (Å²) < 4.78 is 2.61. The fourth-order valence-corrected chi connectivity index (χ4v) is 3.85. The zero-order chi connectivity index (χ0) is 18.1. The van der Waals surface area contributed by atoms with Gasteiger partial charge in [-0.05, 0) is 24.3 Å². The Balaban J connectivity index is 1.80. The summed E-state index contributed by atoms with van der Waals surface area (Å²) in [5, 5.41) is 1.12. The molecule has 0 N–H and O–H groups in total. The lowest BCUT2D eigenvalue weighted by Gasteiger charge is -2.19. The predicted molar refractivity (Wildman–Crippen MR) is 103 cm³/mol. The van der Waals surface area contributed by atoms with Crippen LogP contribution in [0.5, 0.6) is 0 Å². The van der Waals surface area contributed by atoms with Crippen molar-refractivity contribution in [2.45, 2.75) is 6.54 Å². The number of hydrogen-bond acceptors (Lipinski definition) is 5. The van der Waals surface area contributed by atoms with Crippen LogP contribution >= 0.6 is 22.9 Å². The summed E-state index contributed by atoms with van der Waals surface area (Å²) in [6.45, 7) is 0.296. The summed E-state index contributed by atoms with van der Waals surface area (Å²) >= 11 is 7.67. The maximum absolute atomic E-state index is 13.1. The minimum Gasteiger partial charge on any atom is -0.330 e. The van der Waals surface area contributed by atoms with Crippen LogP contribution in [0.1, 0.15) is 16.3 Å². The number of pyridine rings is 1. The number of aryl methyl sites for hydroxylation is 1. The molecule has 8 heteroatoms. The third-order valence-corrected chi connectivity index (χ3v) is 5.24. The Morgan fingerprint density at radius 1 is 1.19 bits per heavy atom. The second-order valence-corrected chi connectivity index (χ2v) is 7.07. The largest absolute Gasteiger partial charge is 0.330 e. The Kier molecular flexibility index (Phi) is 4.40. The van der Waals surface area contributed by atoms with Gasteiger partial charge in [-0.3, -0.25) is 14.7 Å². The number of fused-ring (bicyclic) bond motifs is 1. The van der Waals surface area contributed by atoms with E-state index in [1.807, 2.05) is 30.3 Å². The van der Waals surface area contributed by atoms with Crippen molar-refractivity contribution in [2.24, 2.45) is 7.05 Å². The Morgan fingerprint density at radius 2 is 2.08 bits per heavy atom. The molecule has 0 spiro atoms. The Labute approximate surface area is 158 Å². The van der Waals surface area contributed by atoms with E-state index in [9.17, 15) is 4.79 Å². The van der Waals surface area contributed by atoms with Gasteiger partial charge in [0.25, 0.3) is 5.91 Å². The van der Waals surface area contributed by atoms with E-state index in [1.54, 1.807) is 41.2 Å². The second kappa shape index (κ2) is 6.86. The van der Waals surface area contributed by atoms with Gasteiger partial charge in [-0.1, -0.05) is 35.1 Å². The van der Waals surface area contributed by atoms with Gasteiger partial charge in [0, 0.05) is 25.6 Å². The van der Waals surface area contributed by atoms with Gasteiger partial charge >= 0.3 is 0 Å². The number of benzene rings is 1. The maximum atomic E-state index is 13.1. The van der Waals surface area contributed by atoms with Gasteiger partial charge in [-0.15, -0.1) is 0 Å². The van der Waals surface area contributed by atoms with E-state index >= 15 is 0 Å². The summed E-state index contributed by atoms with van der Waals surface area (Å²) in [4.78, 5) is 27.8. The molecule has 26 heavy (non-hydrogen) atoms. The quantitative estimate of drug-likeness (QED) is 0.535. The van der Waals surface area contributed by atoms with E-state index in [-0.39, 0.29) is 5.91 Å². The molecule has 0 atom stereocenters. The lowest BCUT2D eigenvalue weighted by molar-refractivity contribution is 0.0972. The number of carbonyl (C=O) groups excluding carboxylic acids is 1. The van der Waals surface area contributed by atoms with Gasteiger partial charge in [-0.25, -0.2) is 9.97 Å². The number of halogens is 1. The molecule has 0 saturated heterocycles. The number of anilines is 1. The van der Waals surface area contributed by atoms with E-state index in [1.165, 1.54) is 11.3 Å². The SMILES string of the molecule is Cn1ccnc1C(=O)N(Cc1ccccn1)c1nc2c(Cl)cccc2s1. The highest BCUT2D eigenvalue weighted by Gasteiger charge is 2.25. The van der Waals surface area contributed by atoms with Crippen molar-refractivity contribution in [3.63, 3.8) is 0 Å². The first-order valence-electron chi connectivity index (χ1n) is 7.87. The highest BCUT2D eigenvalue weighted by atomic mass is 35.5. The van der Waals surface area contributed by atoms with Gasteiger partial charge in [0.1, 0.15) is 5.52 Å². The molecular formula is C18H14ClN5OS. The third kappa shape index (κ3) is 3.07. The Bertz CT molecular complexity index is 1080. The summed E-state index contributed by atoms with van der Waals surface area (Å²) in [6, 6.07) is 11.2. The average molecular weight is 384 g/mol. The molecule has 4 aromatic rings. The van der Waals surface area contributed by atoms with Crippen molar-refractivity contribution in [1.29, 1.82) is 0 Å². The normalized spacial score (nSPS) is 11.0. The maximum Gasteiger partial charge on any atom is 0.296 e. The van der Waals surface area contributed by atoms with Gasteiger partial charge in [0.05, 0.1) is 22.0 Å². The van der Waals surface area contributed by atoms with Crippen LogP contribution in [0.2, 0.25) is 5.02 Å². The Hall–Kier alpha value is -2.77. The molecule has 6 nitrogen and oxygen atoms in total. The van der Waals surface area contributed by atoms with Crippen LogP contribution in [-0.4, -0.2) is 25.4 Å². The lowest BCUT2D eigenvalue weighted by Crippen LogP contribution is -2.32. The summed E-state index contributed by atoms with van der Waals surface area (Å²) in [7, 11) is 1.79. The topological polar surface area (TPSA) is 63.9 Å². The number of aromatic nitrogens is 4. The molecule has 1 aromatic carbocycles. The molecule has 3 aromatic heterocycles. The fourth-order valence-electron chi connectivity index (χ4n) is 2.59. The van der Waals surface area contributed by atoms with Gasteiger partial charge in [-0.2, -0.15) is 0 Å². The van der Waals surface area contributed by atoms with Crippen LogP contribution in [-0.2, 0) is 13.6 Å². The average Bonchev–Trinajstić information content (AvgIpc) is 3.27. The van der Waals surface area contributed by atoms with E-state index in [4.69, 9.17) is 11.6 Å². The smallest absolute Gasteiger partial charge is 0.296 e. The molecule has 4 rings (SSSR count). The van der Waals surface area contributed by atoms with E-state index < -0.39 is 0 Å². The van der Waals surface area contributed by atoms with Crippen molar-refractivity contribution in [3.05, 3.63) is 71.5 Å². The number of carbonyl (C=O) groups is 1. The Morgan fingerprint density at radius 3 is 2.77 bits per heavy atom. The monoisotopic (exact) mass is 383 g/mol. The highest BCUT2D eigenvalue weighted by molar-refractivity contribution is 7.22. The van der Waals surface area contributed by atoms with Crippen LogP contribution < -0.4 is 4.90 Å². The summed E-state index contributed by atoms with van der Waals surface area (Å²) in [6.07, 6.45) is 5.04. The molecule has 0 aliphatic carbocycles. The first-order chi connectivity index (χ1) is 12.6. The highest BCUT2D eigenvalue weighted by Crippen LogP contribution is 2.33. The predicted octanol–water partition coefficient (Wildman–Crippen LogP) is 3.93. The van der Waals surface area contributed by atoms with Crippen LogP contribution in [0, 0.1) is 0 Å². The van der Waals surface area contributed by atoms with Crippen molar-refractivity contribution in [2.75, 3.05) is 4.90 Å². The van der Waals surface area contributed by atoms with Crippen molar-refractivity contribution < 1.29 is 4.79 Å². The molecule has 0 bridgehead atoms. The van der Waals surface area contributed by atoms with Gasteiger partial charge in [0.15, 0.2) is 11.0 Å². The number of rotatable bonds is 4. The number of nitrogens with zero attached hydrogens (tertiary/aromatic N) is 5. The lowest BCUT2D eigenvalue weighted by atomic mass is 10.3. The first-order valence-corrected chi connectivity index (χ1v) is 9.07. The van der Waals surface area contributed by atoms with Gasteiger partial charge in [0.2, 0.25) is 0 Å². The number of amides is 1. The molecule has 0 fully saturated rings. The summed E-state index contributed by atoms with van der Waals surface area (Å²) in [5.74, 6) is 0.101. The molecule has 0 aliphatic heterocycles.